The van der Waals surface area contributed by atoms with E-state index in [9.17, 15) is 9.59 Å². The molecular weight excluding hydrogens is 288 g/mol. The summed E-state index contributed by atoms with van der Waals surface area (Å²) in [4.78, 5) is 26.3. The van der Waals surface area contributed by atoms with Gasteiger partial charge < -0.3 is 10.2 Å². The topological polar surface area (TPSA) is 49.4 Å². The molecule has 3 rings (SSSR count). The van der Waals surface area contributed by atoms with Gasteiger partial charge in [0.25, 0.3) is 0 Å². The highest BCUT2D eigenvalue weighted by atomic mass is 16.2. The molecule has 1 saturated heterocycles. The molecule has 0 unspecified atom stereocenters. The summed E-state index contributed by atoms with van der Waals surface area (Å²) in [6.07, 6.45) is 5.06. The largest absolute Gasteiger partial charge is 0.347 e. The van der Waals surface area contributed by atoms with Crippen LogP contribution in [0.1, 0.15) is 50.5 Å². The summed E-state index contributed by atoms with van der Waals surface area (Å²) >= 11 is 0. The fourth-order valence-corrected chi connectivity index (χ4v) is 3.70. The van der Waals surface area contributed by atoms with Crippen LogP contribution in [0, 0.1) is 5.92 Å². The molecular formula is C19H26N2O2. The number of carbonyl (C=O) groups excluding carboxylic acids is 2. The number of hydrogen-bond acceptors (Lipinski definition) is 2. The normalized spacial score (nSPS) is 22.0. The molecule has 2 amide bonds. The Bertz CT molecular complexity index is 554. The summed E-state index contributed by atoms with van der Waals surface area (Å²) in [5.41, 5.74) is 1.31. The fourth-order valence-electron chi connectivity index (χ4n) is 3.70. The third kappa shape index (κ3) is 3.74. The van der Waals surface area contributed by atoms with Crippen molar-refractivity contribution in [1.82, 2.24) is 10.2 Å². The van der Waals surface area contributed by atoms with E-state index in [0.717, 1.165) is 38.6 Å². The minimum absolute atomic E-state index is 0.0456. The average molecular weight is 314 g/mol. The lowest BCUT2D eigenvalue weighted by Gasteiger charge is -2.31. The Morgan fingerprint density at radius 1 is 1.22 bits per heavy atom. The van der Waals surface area contributed by atoms with Crippen molar-refractivity contribution < 1.29 is 9.59 Å². The molecule has 0 spiro atoms. The SMILES string of the molecule is CC[C@@H](c1ccccc1)[C@@H]1CCCN1C(=O)CNC(=O)C1CC1. The maximum absolute atomic E-state index is 12.6. The minimum atomic E-state index is 0.0456. The van der Waals surface area contributed by atoms with Gasteiger partial charge in [0.15, 0.2) is 0 Å². The van der Waals surface area contributed by atoms with Crippen LogP contribution < -0.4 is 5.32 Å². The fraction of sp³-hybridized carbons (Fsp3) is 0.579. The predicted octanol–water partition coefficient (Wildman–Crippen LogP) is 2.70. The minimum Gasteiger partial charge on any atom is -0.347 e. The molecule has 0 radical (unpaired) electrons. The number of hydrogen-bond donors (Lipinski definition) is 1. The maximum atomic E-state index is 12.6. The van der Waals surface area contributed by atoms with Crippen molar-refractivity contribution in [3.8, 4) is 0 Å². The van der Waals surface area contributed by atoms with E-state index in [4.69, 9.17) is 0 Å². The highest BCUT2D eigenvalue weighted by molar-refractivity contribution is 5.87. The number of amides is 2. The third-order valence-electron chi connectivity index (χ3n) is 5.11. The lowest BCUT2D eigenvalue weighted by molar-refractivity contribution is -0.134. The molecule has 1 aliphatic carbocycles. The summed E-state index contributed by atoms with van der Waals surface area (Å²) in [7, 11) is 0. The molecule has 2 fully saturated rings. The van der Waals surface area contributed by atoms with E-state index in [1.54, 1.807) is 0 Å². The Labute approximate surface area is 138 Å². The van der Waals surface area contributed by atoms with E-state index < -0.39 is 0 Å². The number of nitrogens with zero attached hydrogens (tertiary/aromatic N) is 1. The maximum Gasteiger partial charge on any atom is 0.242 e. The zero-order chi connectivity index (χ0) is 16.2. The molecule has 1 aliphatic heterocycles. The Morgan fingerprint density at radius 3 is 2.61 bits per heavy atom. The summed E-state index contributed by atoms with van der Waals surface area (Å²) in [5.74, 6) is 0.645. The second-order valence-electron chi connectivity index (χ2n) is 6.71. The zero-order valence-corrected chi connectivity index (χ0v) is 13.8. The van der Waals surface area contributed by atoms with E-state index >= 15 is 0 Å². The highest BCUT2D eigenvalue weighted by Crippen LogP contribution is 2.33. The van der Waals surface area contributed by atoms with Crippen molar-refractivity contribution in [2.24, 2.45) is 5.92 Å². The molecule has 4 nitrogen and oxygen atoms in total. The molecule has 4 heteroatoms. The van der Waals surface area contributed by atoms with Crippen LogP contribution in [0.15, 0.2) is 30.3 Å². The molecule has 124 valence electrons. The van der Waals surface area contributed by atoms with Gasteiger partial charge in [-0.2, -0.15) is 0 Å². The monoisotopic (exact) mass is 314 g/mol. The van der Waals surface area contributed by atoms with Crippen LogP contribution >= 0.6 is 0 Å². The van der Waals surface area contributed by atoms with Gasteiger partial charge in [-0.25, -0.2) is 0 Å². The smallest absolute Gasteiger partial charge is 0.242 e. The summed E-state index contributed by atoms with van der Waals surface area (Å²) in [6, 6.07) is 10.7. The van der Waals surface area contributed by atoms with Crippen LogP contribution in [0.3, 0.4) is 0 Å². The van der Waals surface area contributed by atoms with Crippen LogP contribution in [0.25, 0.3) is 0 Å². The molecule has 0 aromatic heterocycles. The summed E-state index contributed by atoms with van der Waals surface area (Å²) in [5, 5.41) is 2.81. The van der Waals surface area contributed by atoms with Gasteiger partial charge in [0.2, 0.25) is 11.8 Å². The van der Waals surface area contributed by atoms with Crippen molar-refractivity contribution in [1.29, 1.82) is 0 Å². The standard InChI is InChI=1S/C19H26N2O2/c1-2-16(14-7-4-3-5-8-14)17-9-6-12-21(17)18(22)13-20-19(23)15-10-11-15/h3-5,7-8,15-17H,2,6,9-13H2,1H3,(H,20,23)/t16-,17-/m0/s1. The lowest BCUT2D eigenvalue weighted by Crippen LogP contribution is -2.44. The third-order valence-corrected chi connectivity index (χ3v) is 5.11. The van der Waals surface area contributed by atoms with Gasteiger partial charge in [0.1, 0.15) is 0 Å². The zero-order valence-electron chi connectivity index (χ0n) is 13.8. The molecule has 1 aromatic rings. The molecule has 2 atom stereocenters. The highest BCUT2D eigenvalue weighted by Gasteiger charge is 2.35. The molecule has 2 aliphatic rings. The van der Waals surface area contributed by atoms with E-state index in [-0.39, 0.29) is 30.3 Å². The Hall–Kier alpha value is -1.84. The van der Waals surface area contributed by atoms with E-state index in [0.29, 0.717) is 5.92 Å². The van der Waals surface area contributed by atoms with Gasteiger partial charge in [0.05, 0.1) is 6.54 Å². The molecule has 23 heavy (non-hydrogen) atoms. The van der Waals surface area contributed by atoms with Crippen LogP contribution in [-0.2, 0) is 9.59 Å². The first kappa shape index (κ1) is 16.0. The van der Waals surface area contributed by atoms with Crippen LogP contribution in [0.5, 0.6) is 0 Å². The van der Waals surface area contributed by atoms with Gasteiger partial charge in [-0.1, -0.05) is 37.3 Å². The number of benzene rings is 1. The van der Waals surface area contributed by atoms with E-state index in [2.05, 4.69) is 36.5 Å². The van der Waals surface area contributed by atoms with E-state index in [1.165, 1.54) is 5.56 Å². The van der Waals surface area contributed by atoms with Crippen molar-refractivity contribution in [3.05, 3.63) is 35.9 Å². The molecule has 1 aromatic carbocycles. The molecule has 0 bridgehead atoms. The van der Waals surface area contributed by atoms with Gasteiger partial charge in [-0.05, 0) is 37.7 Å². The second kappa shape index (κ2) is 7.16. The van der Waals surface area contributed by atoms with Gasteiger partial charge in [0, 0.05) is 24.4 Å². The van der Waals surface area contributed by atoms with Gasteiger partial charge in [-0.3, -0.25) is 9.59 Å². The Morgan fingerprint density at radius 2 is 1.96 bits per heavy atom. The van der Waals surface area contributed by atoms with Gasteiger partial charge in [-0.15, -0.1) is 0 Å². The quantitative estimate of drug-likeness (QED) is 0.877. The number of carbonyl (C=O) groups is 2. The molecule has 1 saturated carbocycles. The Balaban J connectivity index is 1.63. The molecule has 1 N–H and O–H groups in total. The van der Waals surface area contributed by atoms with Crippen LogP contribution in [0.4, 0.5) is 0 Å². The van der Waals surface area contributed by atoms with Gasteiger partial charge >= 0.3 is 0 Å². The van der Waals surface area contributed by atoms with Crippen molar-refractivity contribution >= 4 is 11.8 Å². The Kier molecular flexibility index (Phi) is 4.99. The first-order valence-electron chi connectivity index (χ1n) is 8.82. The number of rotatable bonds is 6. The van der Waals surface area contributed by atoms with Crippen LogP contribution in [-0.4, -0.2) is 35.8 Å². The van der Waals surface area contributed by atoms with Crippen molar-refractivity contribution in [3.63, 3.8) is 0 Å². The predicted molar refractivity (Wildman–Crippen MR) is 89.9 cm³/mol. The first-order chi connectivity index (χ1) is 11.2. The number of nitrogens with one attached hydrogen (secondary N) is 1. The van der Waals surface area contributed by atoms with E-state index in [1.807, 2.05) is 11.0 Å². The first-order valence-corrected chi connectivity index (χ1v) is 8.82. The second-order valence-corrected chi connectivity index (χ2v) is 6.71. The number of likely N-dealkylation sites (tertiary alicyclic amines) is 1. The van der Waals surface area contributed by atoms with Crippen molar-refractivity contribution in [2.45, 2.75) is 51.0 Å². The van der Waals surface area contributed by atoms with Crippen molar-refractivity contribution in [2.75, 3.05) is 13.1 Å². The lowest BCUT2D eigenvalue weighted by atomic mass is 9.87. The average Bonchev–Trinajstić information content (AvgIpc) is 3.33. The van der Waals surface area contributed by atoms with Crippen LogP contribution in [0.2, 0.25) is 0 Å². The summed E-state index contributed by atoms with van der Waals surface area (Å²) < 4.78 is 0. The summed E-state index contributed by atoms with van der Waals surface area (Å²) in [6.45, 7) is 3.15. The molecule has 1 heterocycles.